The van der Waals surface area contributed by atoms with Gasteiger partial charge in [0.25, 0.3) is 17.7 Å². The number of imide groups is 1. The number of carbonyl (C=O) groups is 7. The summed E-state index contributed by atoms with van der Waals surface area (Å²) in [6.07, 6.45) is 8.76. The Hall–Kier alpha value is -8.93. The maximum atomic E-state index is 13.8. The van der Waals surface area contributed by atoms with E-state index < -0.39 is 53.8 Å². The van der Waals surface area contributed by atoms with E-state index in [1.807, 2.05) is 54.1 Å². The first-order valence-corrected chi connectivity index (χ1v) is 36.5. The van der Waals surface area contributed by atoms with Gasteiger partial charge in [0.05, 0.1) is 78.3 Å². The van der Waals surface area contributed by atoms with Crippen molar-refractivity contribution in [1.29, 1.82) is 0 Å². The molecule has 3 aromatic carbocycles. The first-order chi connectivity index (χ1) is 50.0. The monoisotopic (exact) mass is 1450 g/mol. The van der Waals surface area contributed by atoms with Crippen molar-refractivity contribution in [2.24, 2.45) is 22.2 Å². The van der Waals surface area contributed by atoms with Gasteiger partial charge in [-0.15, -0.1) is 0 Å². The van der Waals surface area contributed by atoms with E-state index in [2.05, 4.69) is 34.4 Å². The van der Waals surface area contributed by atoms with E-state index in [0.717, 1.165) is 60.0 Å². The van der Waals surface area contributed by atoms with Crippen LogP contribution in [0.3, 0.4) is 0 Å². The number of aryl methyl sites for hydroxylation is 1. The van der Waals surface area contributed by atoms with Crippen molar-refractivity contribution in [3.63, 3.8) is 0 Å². The standard InChI is InChI=1S/C77H90N8O18S/c1-47-55(51-20-21-56(81-66(51)72(96)97)49-35-53-52(13-9-15-57(53)79-37-49)70(93)83-73-82-58-14-6-7-16-61(58)104-73)38-80-85(47)46-76-41-74(2)40-75(3,42-76)44-77(43-74,45-76)102-28-11-18-65(89)101-39-50-34-48(19-22-59(50)103-60-36-54(71(94)95)67(90)69(92)68(60)91)12-10-27-98-30-32-100-33-31-99-29-25-78-62(86)17-5-4-8-26-84-63(87)23-24-64(84)88/h6-7,9,13-16,19-24,34-35,37-38,54,60,67-69,90-92H,4-5,8,10-12,17-18,25-33,36,39-46H2,1-3H3,(H,78,86)(H,94,95)(H,96,97)(H,82,83,93)/t54-,60+,67-,68+,69-,74?,75?,76?,77?/m0/s1. The molecule has 7 aromatic rings. The molecular weight excluding hydrogens is 1360 g/mol. The van der Waals surface area contributed by atoms with Crippen LogP contribution in [0.2, 0.25) is 0 Å². The second-order valence-corrected chi connectivity index (χ2v) is 30.3. The Morgan fingerprint density at radius 3 is 2.19 bits per heavy atom. The zero-order chi connectivity index (χ0) is 73.3. The number of hydrogen-bond acceptors (Lipinski definition) is 21. The summed E-state index contributed by atoms with van der Waals surface area (Å²) in [6, 6.07) is 23.5. The number of thiazole rings is 1. The van der Waals surface area contributed by atoms with Crippen molar-refractivity contribution in [3.05, 3.63) is 131 Å². The highest BCUT2D eigenvalue weighted by Crippen LogP contribution is 2.72. The number of carboxylic acid groups (broad SMARTS) is 2. The molecule has 5 fully saturated rings. The van der Waals surface area contributed by atoms with Crippen LogP contribution in [0.5, 0.6) is 5.75 Å². The predicted octanol–water partition coefficient (Wildman–Crippen LogP) is 9.21. The van der Waals surface area contributed by atoms with Gasteiger partial charge in [-0.3, -0.25) is 48.6 Å². The Morgan fingerprint density at radius 1 is 0.702 bits per heavy atom. The second-order valence-electron chi connectivity index (χ2n) is 29.2. The van der Waals surface area contributed by atoms with Crippen molar-refractivity contribution in [2.45, 2.75) is 160 Å². The first kappa shape index (κ1) is 74.8. The number of anilines is 1. The molecule has 5 saturated carbocycles. The normalized spacial score (nSPS) is 24.0. The highest BCUT2D eigenvalue weighted by atomic mass is 32.1. The molecule has 7 N–H and O–H groups in total. The Balaban J connectivity index is 0.615. The number of aromatic carboxylic acids is 1. The lowest BCUT2D eigenvalue weighted by Crippen LogP contribution is -2.64. The average molecular weight is 1450 g/mol. The number of hydrogen-bond donors (Lipinski definition) is 7. The molecule has 0 spiro atoms. The van der Waals surface area contributed by atoms with Gasteiger partial charge in [-0.25, -0.2) is 14.8 Å². The number of para-hydroxylation sites is 1. The number of benzene rings is 3. The third-order valence-electron chi connectivity index (χ3n) is 20.7. The Bertz CT molecular complexity index is 4300. The van der Waals surface area contributed by atoms with Crippen LogP contribution in [0.4, 0.5) is 5.13 Å². The van der Waals surface area contributed by atoms with Crippen LogP contribution in [0, 0.1) is 29.1 Å². The van der Waals surface area contributed by atoms with Crippen LogP contribution in [-0.2, 0) is 67.2 Å². The number of rotatable bonds is 36. The minimum atomic E-state index is -1.78. The number of carboxylic acids is 2. The second kappa shape index (κ2) is 32.6. The zero-order valence-electron chi connectivity index (χ0n) is 58.7. The Kier molecular flexibility index (Phi) is 23.4. The molecule has 552 valence electrons. The highest BCUT2D eigenvalue weighted by Gasteiger charge is 2.66. The van der Waals surface area contributed by atoms with Crippen molar-refractivity contribution < 1.29 is 87.5 Å². The molecule has 4 amide bonds. The van der Waals surface area contributed by atoms with E-state index >= 15 is 0 Å². The minimum Gasteiger partial charge on any atom is -0.487 e. The minimum absolute atomic E-state index is 0.0211. The fourth-order valence-electron chi connectivity index (χ4n) is 17.0. The van der Waals surface area contributed by atoms with Gasteiger partial charge < -0.3 is 59.3 Å². The molecule has 5 aliphatic carbocycles. The molecule has 4 bridgehead atoms. The number of nitrogens with zero attached hydrogens (tertiary/aromatic N) is 6. The first-order valence-electron chi connectivity index (χ1n) is 35.7. The molecule has 2 unspecified atom stereocenters. The Morgan fingerprint density at radius 2 is 1.44 bits per heavy atom. The molecule has 6 aliphatic rings. The molecular formula is C77H90N8O18S. The summed E-state index contributed by atoms with van der Waals surface area (Å²) in [4.78, 5) is 103. The molecule has 27 heteroatoms. The molecule has 26 nitrogen and oxygen atoms in total. The van der Waals surface area contributed by atoms with Crippen LogP contribution in [0.1, 0.15) is 141 Å². The molecule has 13 rings (SSSR count). The van der Waals surface area contributed by atoms with Crippen LogP contribution < -0.4 is 15.4 Å². The Labute approximate surface area is 605 Å². The molecule has 5 heterocycles. The van der Waals surface area contributed by atoms with Gasteiger partial charge >= 0.3 is 17.9 Å². The van der Waals surface area contributed by atoms with E-state index in [4.69, 9.17) is 38.5 Å². The van der Waals surface area contributed by atoms with Crippen LogP contribution >= 0.6 is 11.3 Å². The summed E-state index contributed by atoms with van der Waals surface area (Å²) in [5.74, 6) is -5.28. The molecule has 104 heavy (non-hydrogen) atoms. The van der Waals surface area contributed by atoms with Gasteiger partial charge in [-0.1, -0.05) is 55.9 Å². The van der Waals surface area contributed by atoms with Gasteiger partial charge in [0.15, 0.2) is 10.8 Å². The van der Waals surface area contributed by atoms with Gasteiger partial charge in [-0.05, 0) is 154 Å². The number of esters is 1. The lowest BCUT2D eigenvalue weighted by molar-refractivity contribution is -0.248. The van der Waals surface area contributed by atoms with Crippen molar-refractivity contribution in [2.75, 3.05) is 64.7 Å². The third-order valence-corrected chi connectivity index (χ3v) is 21.6. The van der Waals surface area contributed by atoms with E-state index in [0.29, 0.717) is 160 Å². The maximum Gasteiger partial charge on any atom is 0.355 e. The van der Waals surface area contributed by atoms with E-state index in [1.54, 1.807) is 48.8 Å². The lowest BCUT2D eigenvalue weighted by atomic mass is 9.39. The molecule has 0 saturated heterocycles. The molecule has 1 aliphatic heterocycles. The molecule has 4 aromatic heterocycles. The fraction of sp³-hybridized carbons (Fsp3) is 0.494. The van der Waals surface area contributed by atoms with Gasteiger partial charge in [0.1, 0.15) is 30.7 Å². The number of pyridine rings is 2. The SMILES string of the molecule is Cc1c(-c2ccc(-c3cnc4cccc(C(=O)Nc5nc6ccccc6s5)c4c3)nc2C(=O)O)cnn1CC12CC3(C)CC(C)(C1)CC(OCCCC(=O)OCc1cc(CCCOCCOCCOCCNC(=O)CCCCCN4C(=O)C=CC4=O)ccc1O[C@@H]1C[C@H](C(=O)O)[C@H](O)[C@H](O)[C@@H]1O)(C3)C2. The van der Waals surface area contributed by atoms with Gasteiger partial charge in [0.2, 0.25) is 5.91 Å². The number of ether oxygens (including phenoxy) is 6. The summed E-state index contributed by atoms with van der Waals surface area (Å²) in [6.45, 7) is 10.2. The summed E-state index contributed by atoms with van der Waals surface area (Å²) < 4.78 is 39.1. The smallest absolute Gasteiger partial charge is 0.355 e. The number of aliphatic carboxylic acids is 1. The summed E-state index contributed by atoms with van der Waals surface area (Å²) in [5, 5.41) is 64.3. The van der Waals surface area contributed by atoms with E-state index in [9.17, 15) is 59.1 Å². The number of unbranched alkanes of at least 4 members (excludes halogenated alkanes) is 2. The molecule has 7 atom stereocenters. The highest BCUT2D eigenvalue weighted by molar-refractivity contribution is 7.22. The maximum absolute atomic E-state index is 13.8. The average Bonchev–Trinajstić information content (AvgIpc) is 0.806. The zero-order valence-corrected chi connectivity index (χ0v) is 59.5. The number of amides is 4. The predicted molar refractivity (Wildman–Crippen MR) is 382 cm³/mol. The quantitative estimate of drug-likeness (QED) is 0.0109. The van der Waals surface area contributed by atoms with Gasteiger partial charge in [0, 0.05) is 109 Å². The number of aliphatic hydroxyl groups excluding tert-OH is 3. The number of carbonyl (C=O) groups excluding carboxylic acids is 5. The number of nitrogens with one attached hydrogen (secondary N) is 2. The van der Waals surface area contributed by atoms with Crippen LogP contribution in [-0.4, -0.2) is 186 Å². The van der Waals surface area contributed by atoms with Crippen LogP contribution in [0.15, 0.2) is 103 Å². The number of fused-ring (bicyclic) bond motifs is 2. The number of aliphatic hydroxyl groups is 3. The number of aromatic nitrogens is 5. The summed E-state index contributed by atoms with van der Waals surface area (Å²) in [5.41, 5.74) is 5.00. The van der Waals surface area contributed by atoms with Gasteiger partial charge in [-0.2, -0.15) is 5.10 Å². The van der Waals surface area contributed by atoms with Crippen molar-refractivity contribution in [3.8, 4) is 28.1 Å². The molecule has 0 radical (unpaired) electrons. The van der Waals surface area contributed by atoms with Crippen molar-refractivity contribution in [1.82, 2.24) is 34.9 Å². The van der Waals surface area contributed by atoms with E-state index in [-0.39, 0.29) is 70.8 Å². The topological polar surface area (TPSA) is 360 Å². The summed E-state index contributed by atoms with van der Waals surface area (Å²) in [7, 11) is 0. The van der Waals surface area contributed by atoms with Crippen molar-refractivity contribution >= 4 is 79.1 Å². The fourth-order valence-corrected chi connectivity index (χ4v) is 17.9. The lowest BCUT2D eigenvalue weighted by Gasteiger charge is -2.69. The van der Waals surface area contributed by atoms with E-state index in [1.165, 1.54) is 28.4 Å². The largest absolute Gasteiger partial charge is 0.487 e. The summed E-state index contributed by atoms with van der Waals surface area (Å²) >= 11 is 1.38. The third kappa shape index (κ3) is 17.7. The van der Waals surface area contributed by atoms with Crippen LogP contribution in [0.25, 0.3) is 43.5 Å².